The van der Waals surface area contributed by atoms with E-state index in [4.69, 9.17) is 11.6 Å². The Balaban J connectivity index is 2.04. The number of ketones is 2. The number of para-hydroxylation sites is 1. The molecule has 5 nitrogen and oxygen atoms in total. The summed E-state index contributed by atoms with van der Waals surface area (Å²) in [6.45, 7) is 7.89. The lowest BCUT2D eigenvalue weighted by Gasteiger charge is -2.26. The molecule has 1 amide bonds. The van der Waals surface area contributed by atoms with Gasteiger partial charge in [0.05, 0.1) is 11.1 Å². The summed E-state index contributed by atoms with van der Waals surface area (Å²) in [7, 11) is 0. The number of Topliss-reactive ketones (excluding diaryl/α,β-unsaturated/α-hetero) is 2. The van der Waals surface area contributed by atoms with Gasteiger partial charge in [-0.2, -0.15) is 5.26 Å². The highest BCUT2D eigenvalue weighted by atomic mass is 35.5. The number of hydrogen-bond acceptors (Lipinski definition) is 4. The number of carbonyl (C=O) groups excluding carboxylic acids is 3. The van der Waals surface area contributed by atoms with E-state index in [1.54, 1.807) is 12.1 Å². The highest BCUT2D eigenvalue weighted by Crippen LogP contribution is 2.35. The van der Waals surface area contributed by atoms with Gasteiger partial charge in [-0.15, -0.1) is 0 Å². The van der Waals surface area contributed by atoms with Gasteiger partial charge in [0.15, 0.2) is 11.7 Å². The van der Waals surface area contributed by atoms with E-state index in [0.717, 1.165) is 11.1 Å². The summed E-state index contributed by atoms with van der Waals surface area (Å²) in [5.41, 5.74) is 2.06. The van der Waals surface area contributed by atoms with Crippen molar-refractivity contribution >= 4 is 34.8 Å². The number of aryl methyl sites for hydroxylation is 1. The monoisotopic (exact) mass is 420 g/mol. The van der Waals surface area contributed by atoms with Gasteiger partial charge in [-0.3, -0.25) is 14.4 Å². The third-order valence-corrected chi connectivity index (χ3v) is 5.48. The number of anilines is 1. The molecule has 0 unspecified atom stereocenters. The van der Waals surface area contributed by atoms with E-state index < -0.39 is 23.4 Å². The Kier molecular flexibility index (Phi) is 5.65. The van der Waals surface area contributed by atoms with Crippen LogP contribution in [0.5, 0.6) is 0 Å². The van der Waals surface area contributed by atoms with Crippen LogP contribution in [-0.4, -0.2) is 17.5 Å². The molecule has 2 aromatic carbocycles. The number of nitrogens with one attached hydrogen (secondary N) is 1. The summed E-state index contributed by atoms with van der Waals surface area (Å²) in [6, 6.07) is 13.7. The zero-order chi connectivity index (χ0) is 22.2. The van der Waals surface area contributed by atoms with Crippen molar-refractivity contribution in [2.24, 2.45) is 5.92 Å². The molecule has 0 spiro atoms. The lowest BCUT2D eigenvalue weighted by molar-refractivity contribution is -0.117. The van der Waals surface area contributed by atoms with Crippen molar-refractivity contribution in [1.82, 2.24) is 0 Å². The number of hydrogen-bond donors (Lipinski definition) is 1. The first kappa shape index (κ1) is 21.5. The predicted octanol–water partition coefficient (Wildman–Crippen LogP) is 4.94. The fourth-order valence-corrected chi connectivity index (χ4v) is 3.83. The Hall–Kier alpha value is -3.23. The molecule has 1 N–H and O–H groups in total. The molecule has 0 aliphatic heterocycles. The van der Waals surface area contributed by atoms with Gasteiger partial charge in [-0.1, -0.05) is 74.8 Å². The first-order valence-electron chi connectivity index (χ1n) is 9.46. The topological polar surface area (TPSA) is 87.0 Å². The molecule has 1 aliphatic carbocycles. The molecule has 1 atom stereocenters. The van der Waals surface area contributed by atoms with Crippen molar-refractivity contribution in [2.75, 3.05) is 5.32 Å². The average Bonchev–Trinajstić information content (AvgIpc) is 2.70. The standard InChI is InChI=1S/C24H21ClN2O3/c1-13-8-7-11-17(24(2,3)4)20(13)27-23(30)16(12-26)18-19(25)22(29)15-10-6-5-9-14(15)21(18)28/h5-11,16H,1-4H3,(H,27,30)/t16-/m0/s1. The molecule has 0 bridgehead atoms. The molecular weight excluding hydrogens is 400 g/mol. The maximum atomic E-state index is 13.1. The van der Waals surface area contributed by atoms with Crippen LogP contribution in [0.1, 0.15) is 52.6 Å². The maximum Gasteiger partial charge on any atom is 0.246 e. The van der Waals surface area contributed by atoms with Crippen LogP contribution in [0, 0.1) is 24.2 Å². The number of carbonyl (C=O) groups is 3. The Labute approximate surface area is 180 Å². The quantitative estimate of drug-likeness (QED) is 0.761. The van der Waals surface area contributed by atoms with Gasteiger partial charge in [-0.05, 0) is 23.5 Å². The molecule has 0 saturated carbocycles. The first-order chi connectivity index (χ1) is 14.1. The molecule has 0 radical (unpaired) electrons. The second kappa shape index (κ2) is 7.89. The van der Waals surface area contributed by atoms with Crippen LogP contribution in [-0.2, 0) is 10.2 Å². The molecule has 0 heterocycles. The number of benzene rings is 2. The average molecular weight is 421 g/mol. The molecule has 6 heteroatoms. The summed E-state index contributed by atoms with van der Waals surface area (Å²) in [5.74, 6) is -3.38. The molecule has 0 saturated heterocycles. The van der Waals surface area contributed by atoms with Crippen LogP contribution >= 0.6 is 11.6 Å². The minimum absolute atomic E-state index is 0.140. The molecule has 1 aliphatic rings. The normalized spacial score (nSPS) is 14.8. The van der Waals surface area contributed by atoms with Crippen LogP contribution < -0.4 is 5.32 Å². The third kappa shape index (κ3) is 3.67. The van der Waals surface area contributed by atoms with E-state index in [0.29, 0.717) is 5.69 Å². The Morgan fingerprint density at radius 1 is 1.03 bits per heavy atom. The minimum atomic E-state index is -1.52. The highest BCUT2D eigenvalue weighted by Gasteiger charge is 2.38. The van der Waals surface area contributed by atoms with Crippen LogP contribution in [0.3, 0.4) is 0 Å². The second-order valence-electron chi connectivity index (χ2n) is 8.23. The number of allylic oxidation sites excluding steroid dienone is 1. The molecule has 2 aromatic rings. The number of halogens is 1. The Bertz CT molecular complexity index is 1150. The van der Waals surface area contributed by atoms with Gasteiger partial charge in [0.25, 0.3) is 0 Å². The largest absolute Gasteiger partial charge is 0.324 e. The molecule has 30 heavy (non-hydrogen) atoms. The van der Waals surface area contributed by atoms with Gasteiger partial charge in [0.1, 0.15) is 0 Å². The van der Waals surface area contributed by atoms with Crippen molar-refractivity contribution in [3.8, 4) is 6.07 Å². The lowest BCUT2D eigenvalue weighted by Crippen LogP contribution is -2.32. The van der Waals surface area contributed by atoms with Crippen molar-refractivity contribution in [1.29, 1.82) is 5.26 Å². The SMILES string of the molecule is Cc1cccc(C(C)(C)C)c1NC(=O)[C@@H](C#N)C1=C(Cl)C(=O)c2ccccc2C1=O. The number of rotatable bonds is 3. The van der Waals surface area contributed by atoms with Crippen molar-refractivity contribution in [3.05, 3.63) is 75.3 Å². The van der Waals surface area contributed by atoms with Gasteiger partial charge in [-0.25, -0.2) is 0 Å². The van der Waals surface area contributed by atoms with Gasteiger partial charge >= 0.3 is 0 Å². The first-order valence-corrected chi connectivity index (χ1v) is 9.84. The summed E-state index contributed by atoms with van der Waals surface area (Å²) in [4.78, 5) is 38.7. The van der Waals surface area contributed by atoms with Crippen LogP contribution in [0.15, 0.2) is 53.1 Å². The van der Waals surface area contributed by atoms with E-state index in [1.807, 2.05) is 52.0 Å². The smallest absolute Gasteiger partial charge is 0.246 e. The van der Waals surface area contributed by atoms with Crippen molar-refractivity contribution < 1.29 is 14.4 Å². The maximum absolute atomic E-state index is 13.1. The lowest BCUT2D eigenvalue weighted by atomic mass is 9.82. The van der Waals surface area contributed by atoms with Gasteiger partial charge in [0, 0.05) is 22.4 Å². The molecular formula is C24H21ClN2O3. The van der Waals surface area contributed by atoms with E-state index in [-0.39, 0.29) is 27.1 Å². The van der Waals surface area contributed by atoms with E-state index in [1.165, 1.54) is 12.1 Å². The summed E-state index contributed by atoms with van der Waals surface area (Å²) in [6.07, 6.45) is 0. The van der Waals surface area contributed by atoms with Crippen molar-refractivity contribution in [3.63, 3.8) is 0 Å². The highest BCUT2D eigenvalue weighted by molar-refractivity contribution is 6.50. The molecule has 0 fully saturated rings. The van der Waals surface area contributed by atoms with Crippen molar-refractivity contribution in [2.45, 2.75) is 33.1 Å². The van der Waals surface area contributed by atoms with Crippen LogP contribution in [0.4, 0.5) is 5.69 Å². The fourth-order valence-electron chi connectivity index (χ4n) is 3.53. The Morgan fingerprint density at radius 2 is 1.63 bits per heavy atom. The molecule has 3 rings (SSSR count). The number of nitrogens with zero attached hydrogens (tertiary/aromatic N) is 1. The summed E-state index contributed by atoms with van der Waals surface area (Å²) < 4.78 is 0. The van der Waals surface area contributed by atoms with E-state index >= 15 is 0 Å². The van der Waals surface area contributed by atoms with Gasteiger partial charge < -0.3 is 5.32 Å². The second-order valence-corrected chi connectivity index (χ2v) is 8.61. The molecule has 0 aromatic heterocycles. The van der Waals surface area contributed by atoms with E-state index in [9.17, 15) is 19.6 Å². The van der Waals surface area contributed by atoms with Crippen LogP contribution in [0.25, 0.3) is 0 Å². The number of nitriles is 1. The fraction of sp³-hybridized carbons (Fsp3) is 0.250. The number of amides is 1. The zero-order valence-corrected chi connectivity index (χ0v) is 17.9. The predicted molar refractivity (Wildman–Crippen MR) is 116 cm³/mol. The summed E-state index contributed by atoms with van der Waals surface area (Å²) >= 11 is 6.19. The van der Waals surface area contributed by atoms with Gasteiger partial charge in [0.2, 0.25) is 11.7 Å². The van der Waals surface area contributed by atoms with E-state index in [2.05, 4.69) is 5.32 Å². The zero-order valence-electron chi connectivity index (χ0n) is 17.2. The summed E-state index contributed by atoms with van der Waals surface area (Å²) in [5, 5.41) is 12.1. The minimum Gasteiger partial charge on any atom is -0.324 e. The molecule has 152 valence electrons. The third-order valence-electron chi connectivity index (χ3n) is 5.11. The van der Waals surface area contributed by atoms with Crippen LogP contribution in [0.2, 0.25) is 0 Å². The Morgan fingerprint density at radius 3 is 2.20 bits per heavy atom. The number of fused-ring (bicyclic) bond motifs is 1.